The van der Waals surface area contributed by atoms with Crippen molar-refractivity contribution in [3.05, 3.63) is 82.3 Å². The highest BCUT2D eigenvalue weighted by Crippen LogP contribution is 2.28. The normalized spacial score (nSPS) is 10.9. The number of amides is 1. The van der Waals surface area contributed by atoms with Crippen molar-refractivity contribution in [2.24, 2.45) is 0 Å². The maximum atomic E-state index is 14.4. The van der Waals surface area contributed by atoms with Crippen LogP contribution < -0.4 is 10.6 Å². The minimum Gasteiger partial charge on any atom is -0.505 e. The highest BCUT2D eigenvalue weighted by molar-refractivity contribution is 6.30. The van der Waals surface area contributed by atoms with Gasteiger partial charge in [0, 0.05) is 23.8 Å². The molecule has 2 heterocycles. The van der Waals surface area contributed by atoms with E-state index in [1.54, 1.807) is 30.3 Å². The average molecular weight is 458 g/mol. The first-order valence-electron chi connectivity index (χ1n) is 9.46. The number of hydrogen-bond acceptors (Lipinski definition) is 6. The number of hydrogen-bond donors (Lipinski definition) is 3. The van der Waals surface area contributed by atoms with Gasteiger partial charge in [0.15, 0.2) is 5.75 Å². The molecule has 0 aliphatic rings. The number of benzene rings is 1. The Morgan fingerprint density at radius 2 is 2.03 bits per heavy atom. The molecule has 7 nitrogen and oxygen atoms in total. The van der Waals surface area contributed by atoms with Gasteiger partial charge in [-0.05, 0) is 29.8 Å². The van der Waals surface area contributed by atoms with Crippen molar-refractivity contribution < 1.29 is 18.7 Å². The minimum atomic E-state index is -3.30. The molecule has 0 radical (unpaired) electrons. The number of alkyl halides is 2. The van der Waals surface area contributed by atoms with Gasteiger partial charge in [-0.2, -0.15) is 14.0 Å². The lowest BCUT2D eigenvalue weighted by Gasteiger charge is -2.17. The van der Waals surface area contributed by atoms with Gasteiger partial charge in [0.2, 0.25) is 5.91 Å². The number of rotatable bonds is 8. The van der Waals surface area contributed by atoms with Crippen molar-refractivity contribution in [2.45, 2.75) is 18.9 Å². The number of aromatic hydroxyl groups is 1. The number of carbonyl (C=O) groups excluding carboxylic acids is 1. The fourth-order valence-electron chi connectivity index (χ4n) is 2.82. The number of halogens is 3. The molecule has 2 aromatic heterocycles. The summed E-state index contributed by atoms with van der Waals surface area (Å²) in [5.41, 5.74) is 0.0397. The number of nitriles is 1. The van der Waals surface area contributed by atoms with Crippen LogP contribution in [0.3, 0.4) is 0 Å². The van der Waals surface area contributed by atoms with E-state index < -0.39 is 29.8 Å². The zero-order valence-corrected chi connectivity index (χ0v) is 17.4. The van der Waals surface area contributed by atoms with Crippen molar-refractivity contribution in [1.29, 1.82) is 5.26 Å². The third-order valence-corrected chi connectivity index (χ3v) is 4.66. The molecule has 0 saturated heterocycles. The van der Waals surface area contributed by atoms with E-state index in [-0.39, 0.29) is 30.0 Å². The van der Waals surface area contributed by atoms with Gasteiger partial charge in [-0.1, -0.05) is 29.8 Å². The number of nitrogens with one attached hydrogen (secondary N) is 2. The van der Waals surface area contributed by atoms with Crippen molar-refractivity contribution in [3.8, 4) is 11.8 Å². The summed E-state index contributed by atoms with van der Waals surface area (Å²) >= 11 is 5.91. The molecular formula is C22H18ClF2N5O2. The first kappa shape index (κ1) is 22.9. The molecule has 10 heteroatoms. The van der Waals surface area contributed by atoms with Crippen molar-refractivity contribution in [1.82, 2.24) is 15.3 Å². The molecule has 0 atom stereocenters. The van der Waals surface area contributed by atoms with Gasteiger partial charge in [0.25, 0.3) is 0 Å². The second kappa shape index (κ2) is 10.0. The summed E-state index contributed by atoms with van der Waals surface area (Å²) in [5, 5.41) is 25.1. The molecular weight excluding hydrogens is 440 g/mol. The van der Waals surface area contributed by atoms with E-state index in [1.807, 2.05) is 0 Å². The van der Waals surface area contributed by atoms with Gasteiger partial charge in [-0.3, -0.25) is 9.78 Å². The van der Waals surface area contributed by atoms with Crippen LogP contribution in [0.5, 0.6) is 5.75 Å². The first-order valence-corrected chi connectivity index (χ1v) is 9.83. The lowest BCUT2D eigenvalue weighted by molar-refractivity contribution is -0.120. The van der Waals surface area contributed by atoms with E-state index in [0.717, 1.165) is 11.6 Å². The molecule has 0 bridgehead atoms. The number of aromatic nitrogens is 2. The van der Waals surface area contributed by atoms with Crippen LogP contribution in [-0.4, -0.2) is 27.5 Å². The largest absolute Gasteiger partial charge is 0.505 e. The average Bonchev–Trinajstić information content (AvgIpc) is 2.79. The molecule has 0 aliphatic heterocycles. The Labute approximate surface area is 187 Å². The monoisotopic (exact) mass is 457 g/mol. The zero-order valence-electron chi connectivity index (χ0n) is 16.6. The lowest BCUT2D eigenvalue weighted by Crippen LogP contribution is -2.27. The van der Waals surface area contributed by atoms with Gasteiger partial charge in [-0.25, -0.2) is 4.98 Å². The summed E-state index contributed by atoms with van der Waals surface area (Å²) in [6, 6.07) is 14.0. The predicted octanol–water partition coefficient (Wildman–Crippen LogP) is 3.77. The number of nitrogens with zero attached hydrogens (tertiary/aromatic N) is 3. The van der Waals surface area contributed by atoms with Gasteiger partial charge in [0.1, 0.15) is 17.6 Å². The molecule has 3 aromatic rings. The first-order chi connectivity index (χ1) is 15.3. The molecule has 164 valence electrons. The van der Waals surface area contributed by atoms with Crippen LogP contribution in [-0.2, 0) is 23.7 Å². The molecule has 3 N–H and O–H groups in total. The Hall–Kier alpha value is -3.77. The van der Waals surface area contributed by atoms with E-state index in [4.69, 9.17) is 11.6 Å². The lowest BCUT2D eigenvalue weighted by atomic mass is 10.1. The van der Waals surface area contributed by atoms with Crippen LogP contribution >= 0.6 is 11.6 Å². The van der Waals surface area contributed by atoms with E-state index in [2.05, 4.69) is 20.6 Å². The third kappa shape index (κ3) is 5.89. The summed E-state index contributed by atoms with van der Waals surface area (Å²) < 4.78 is 28.7. The Bertz CT molecular complexity index is 1150. The highest BCUT2D eigenvalue weighted by Gasteiger charge is 2.33. The summed E-state index contributed by atoms with van der Waals surface area (Å²) in [6.45, 7) is -0.646. The van der Waals surface area contributed by atoms with E-state index in [0.29, 0.717) is 5.02 Å². The molecule has 0 unspecified atom stereocenters. The summed E-state index contributed by atoms with van der Waals surface area (Å²) in [6.07, 6.45) is 0.906. The Morgan fingerprint density at radius 1 is 1.22 bits per heavy atom. The Balaban J connectivity index is 1.70. The van der Waals surface area contributed by atoms with Crippen LogP contribution in [0, 0.1) is 11.3 Å². The fraction of sp³-hybridized carbons (Fsp3) is 0.182. The van der Waals surface area contributed by atoms with Crippen LogP contribution in [0.1, 0.15) is 22.5 Å². The van der Waals surface area contributed by atoms with Crippen molar-refractivity contribution in [2.75, 3.05) is 11.9 Å². The van der Waals surface area contributed by atoms with Gasteiger partial charge >= 0.3 is 5.92 Å². The third-order valence-electron chi connectivity index (χ3n) is 4.42. The summed E-state index contributed by atoms with van der Waals surface area (Å²) in [5.74, 6) is -4.34. The van der Waals surface area contributed by atoms with Gasteiger partial charge in [-0.15, -0.1) is 0 Å². The fourth-order valence-corrected chi connectivity index (χ4v) is 3.04. The van der Waals surface area contributed by atoms with Gasteiger partial charge in [0.05, 0.1) is 24.2 Å². The minimum absolute atomic E-state index is 0.0763. The standard InChI is InChI=1S/C22H18ClF2N5O2/c23-16-5-3-4-14(8-16)12-28-20(31)10-17-21(32)15(11-26)9-19(30-17)29-13-22(24,25)18-6-1-2-7-27-18/h1-9,32H,10,12-13H2,(H,28,31)(H,29,30). The maximum absolute atomic E-state index is 14.4. The van der Waals surface area contributed by atoms with Crippen LogP contribution in [0.2, 0.25) is 5.02 Å². The second-order valence-corrected chi connectivity index (χ2v) is 7.26. The second-order valence-electron chi connectivity index (χ2n) is 6.82. The molecule has 0 aliphatic carbocycles. The SMILES string of the molecule is N#Cc1cc(NCC(F)(F)c2ccccn2)nc(CC(=O)NCc2cccc(Cl)c2)c1O. The zero-order chi connectivity index (χ0) is 23.1. The highest BCUT2D eigenvalue weighted by atomic mass is 35.5. The number of pyridine rings is 2. The van der Waals surface area contributed by atoms with E-state index in [9.17, 15) is 23.9 Å². The molecule has 0 spiro atoms. The predicted molar refractivity (Wildman–Crippen MR) is 114 cm³/mol. The molecule has 3 rings (SSSR count). The Kier molecular flexibility index (Phi) is 7.18. The maximum Gasteiger partial charge on any atom is 0.306 e. The van der Waals surface area contributed by atoms with Crippen LogP contribution in [0.25, 0.3) is 0 Å². The molecule has 0 fully saturated rings. The molecule has 1 amide bonds. The number of carbonyl (C=O) groups is 1. The molecule has 0 saturated carbocycles. The summed E-state index contributed by atoms with van der Waals surface area (Å²) in [4.78, 5) is 20.0. The van der Waals surface area contributed by atoms with Crippen molar-refractivity contribution in [3.63, 3.8) is 0 Å². The van der Waals surface area contributed by atoms with Gasteiger partial charge < -0.3 is 15.7 Å². The van der Waals surface area contributed by atoms with Crippen molar-refractivity contribution >= 4 is 23.3 Å². The smallest absolute Gasteiger partial charge is 0.306 e. The molecule has 1 aromatic carbocycles. The molecule has 32 heavy (non-hydrogen) atoms. The van der Waals surface area contributed by atoms with Crippen LogP contribution in [0.4, 0.5) is 14.6 Å². The van der Waals surface area contributed by atoms with E-state index >= 15 is 0 Å². The quantitative estimate of drug-likeness (QED) is 0.475. The topological polar surface area (TPSA) is 111 Å². The van der Waals surface area contributed by atoms with E-state index in [1.165, 1.54) is 24.4 Å². The van der Waals surface area contributed by atoms with Crippen LogP contribution in [0.15, 0.2) is 54.7 Å². The number of anilines is 1. The summed E-state index contributed by atoms with van der Waals surface area (Å²) in [7, 11) is 0. The Morgan fingerprint density at radius 3 is 2.72 bits per heavy atom.